The summed E-state index contributed by atoms with van der Waals surface area (Å²) in [6.45, 7) is 7.39. The van der Waals surface area contributed by atoms with Gasteiger partial charge in [0.05, 0.1) is 108 Å². The number of aromatic hydroxyl groups is 2. The summed E-state index contributed by atoms with van der Waals surface area (Å²) < 4.78 is 53.7. The monoisotopic (exact) mass is 1660 g/mol. The molecule has 1 unspecified atom stereocenters. The first-order chi connectivity index (χ1) is 54.6. The predicted molar refractivity (Wildman–Crippen MR) is 413 cm³/mol. The van der Waals surface area contributed by atoms with E-state index in [0.717, 1.165) is 11.8 Å². The molecule has 2 bridgehead atoms. The van der Waals surface area contributed by atoms with E-state index in [1.807, 2.05) is 18.2 Å². The largest absolute Gasteiger partial charge is 0.508 e. The van der Waals surface area contributed by atoms with Crippen molar-refractivity contribution in [3.05, 3.63) is 148 Å². The van der Waals surface area contributed by atoms with Crippen LogP contribution in [0.5, 0.6) is 11.5 Å². The first kappa shape index (κ1) is 87.9. The van der Waals surface area contributed by atoms with Crippen LogP contribution in [0.15, 0.2) is 129 Å². The number of halogens is 2. The molecule has 3 aromatic heterocycles. The molecule has 0 saturated carbocycles. The SMILES string of the molecule is C=C1c2cn(nn2)CCCC[C@@H](C(N)=O)NC(O)[C@@H](Cc2ccc(O)cc2)NC(=O)[C@@H](CCCNC(=N)N)NC(=O)[C@@H](Cc2ccc(O)cc2)NC(=O)[C@@H](Cc2c[nH]c3ccccc23)NC(=O)[C@H]1NC(=O)CCOCCOCCOCCOCCOCCOCCNC(=O)CSc1nonc1/C(=N/O)Nc1ccc(F)c(Br)c1. The van der Waals surface area contributed by atoms with Crippen LogP contribution in [-0.2, 0) is 87.8 Å². The van der Waals surface area contributed by atoms with Crippen LogP contribution in [0.3, 0.4) is 0 Å². The van der Waals surface area contributed by atoms with E-state index in [1.165, 1.54) is 65.5 Å². The van der Waals surface area contributed by atoms with Crippen LogP contribution in [0, 0.1) is 11.2 Å². The number of amides is 7. The van der Waals surface area contributed by atoms with Crippen molar-refractivity contribution in [3.63, 3.8) is 0 Å². The van der Waals surface area contributed by atoms with Crippen molar-refractivity contribution in [2.24, 2.45) is 16.6 Å². The van der Waals surface area contributed by atoms with Crippen LogP contribution in [0.4, 0.5) is 10.1 Å². The Bertz CT molecular complexity index is 4270. The van der Waals surface area contributed by atoms with Crippen LogP contribution in [0.2, 0.25) is 0 Å². The molecule has 7 amide bonds. The maximum Gasteiger partial charge on any atom is 0.247 e. The molecule has 1 aliphatic rings. The van der Waals surface area contributed by atoms with Crippen molar-refractivity contribution in [2.45, 2.75) is 112 Å². The first-order valence-electron chi connectivity index (χ1n) is 36.3. The molecule has 37 nitrogen and oxygen atoms in total. The van der Waals surface area contributed by atoms with E-state index >= 15 is 14.4 Å². The van der Waals surface area contributed by atoms with Crippen LogP contribution < -0.4 is 59.3 Å². The number of carbonyl (C=O) groups is 7. The van der Waals surface area contributed by atoms with Crippen molar-refractivity contribution in [1.82, 2.24) is 72.8 Å². The number of hydrogen-bond acceptors (Lipinski definition) is 26. The number of nitrogens with zero attached hydrogens (tertiary/aromatic N) is 6. The highest BCUT2D eigenvalue weighted by Gasteiger charge is 2.36. The van der Waals surface area contributed by atoms with E-state index in [2.05, 4.69) is 101 Å². The third-order valence-corrected chi connectivity index (χ3v) is 18.9. The second kappa shape index (κ2) is 47.0. The number of aromatic nitrogens is 6. The van der Waals surface area contributed by atoms with E-state index in [0.29, 0.717) is 72.5 Å². The van der Waals surface area contributed by atoms with Crippen molar-refractivity contribution in [2.75, 3.05) is 103 Å². The number of phenolic OH excluding ortho intramolecular Hbond substituents is 2. The van der Waals surface area contributed by atoms with Gasteiger partial charge in [-0.25, -0.2) is 9.02 Å². The summed E-state index contributed by atoms with van der Waals surface area (Å²) in [5, 5.41) is 94.8. The van der Waals surface area contributed by atoms with Crippen LogP contribution >= 0.6 is 27.7 Å². The molecule has 0 radical (unpaired) electrons. The van der Waals surface area contributed by atoms with Gasteiger partial charge in [-0.3, -0.25) is 49.0 Å². The van der Waals surface area contributed by atoms with E-state index in [4.69, 9.17) is 49.9 Å². The number of oxime groups is 1. The number of benzene rings is 4. The molecule has 0 spiro atoms. The zero-order valence-electron chi connectivity index (χ0n) is 61.7. The van der Waals surface area contributed by atoms with E-state index in [9.17, 15) is 44.1 Å². The van der Waals surface area contributed by atoms with Gasteiger partial charge in [0.2, 0.25) is 47.2 Å². The number of anilines is 1. The first-order valence-corrected chi connectivity index (χ1v) is 38.0. The van der Waals surface area contributed by atoms with Gasteiger partial charge in [0, 0.05) is 67.3 Å². The minimum atomic E-state index is -1.64. The van der Waals surface area contributed by atoms with Gasteiger partial charge >= 0.3 is 0 Å². The molecule has 4 aromatic carbocycles. The molecular formula is C73H95BrFN19O18S. The number of phenols is 2. The van der Waals surface area contributed by atoms with Crippen molar-refractivity contribution >= 4 is 103 Å². The molecule has 1 aliphatic heterocycles. The van der Waals surface area contributed by atoms with Gasteiger partial charge in [-0.2, -0.15) is 0 Å². The quantitative estimate of drug-likeness (QED) is 0.00651. The van der Waals surface area contributed by atoms with E-state index < -0.39 is 83.7 Å². The Labute approximate surface area is 661 Å². The van der Waals surface area contributed by atoms with Crippen LogP contribution in [0.25, 0.3) is 16.5 Å². The number of aliphatic hydroxyl groups is 1. The lowest BCUT2D eigenvalue weighted by molar-refractivity contribution is -0.134. The highest BCUT2D eigenvalue weighted by molar-refractivity contribution is 9.10. The predicted octanol–water partition coefficient (Wildman–Crippen LogP) is 1.48. The van der Waals surface area contributed by atoms with Gasteiger partial charge in [0.15, 0.2) is 16.7 Å². The summed E-state index contributed by atoms with van der Waals surface area (Å²) >= 11 is 4.09. The van der Waals surface area contributed by atoms with E-state index in [-0.39, 0.29) is 179 Å². The Kier molecular flexibility index (Phi) is 36.5. The summed E-state index contributed by atoms with van der Waals surface area (Å²) in [6, 6.07) is 14.8. The fourth-order valence-electron chi connectivity index (χ4n) is 11.4. The Morgan fingerprint density at radius 3 is 1.96 bits per heavy atom. The summed E-state index contributed by atoms with van der Waals surface area (Å²) in [6.07, 6.45) is 1.75. The summed E-state index contributed by atoms with van der Waals surface area (Å²) in [4.78, 5) is 103. The normalized spacial score (nSPS) is 18.5. The lowest BCUT2D eigenvalue weighted by Gasteiger charge is -2.30. The molecule has 610 valence electrons. The average Bonchev–Trinajstić information content (AvgIpc) is 1.71. The molecule has 40 heteroatoms. The molecule has 4 heterocycles. The summed E-state index contributed by atoms with van der Waals surface area (Å²) in [5.41, 5.74) is 14.3. The highest BCUT2D eigenvalue weighted by Crippen LogP contribution is 2.26. The Balaban J connectivity index is 0.823. The Morgan fingerprint density at radius 2 is 1.33 bits per heavy atom. The molecule has 113 heavy (non-hydrogen) atoms. The lowest BCUT2D eigenvalue weighted by Crippen LogP contribution is -2.61. The number of amidine groups is 1. The molecule has 7 atom stereocenters. The number of guanidine groups is 1. The number of aryl methyl sites for hydroxylation is 1. The maximum atomic E-state index is 15.2. The van der Waals surface area contributed by atoms with Crippen molar-refractivity contribution in [3.8, 4) is 11.5 Å². The highest BCUT2D eigenvalue weighted by atomic mass is 79.9. The molecule has 0 fully saturated rings. The summed E-state index contributed by atoms with van der Waals surface area (Å²) in [5.74, 6) is -6.38. The second-order valence-electron chi connectivity index (χ2n) is 25.7. The number of H-pyrrole nitrogens is 1. The second-order valence-corrected chi connectivity index (χ2v) is 27.5. The smallest absolute Gasteiger partial charge is 0.247 e. The summed E-state index contributed by atoms with van der Waals surface area (Å²) in [7, 11) is 0. The van der Waals surface area contributed by atoms with Crippen LogP contribution in [0.1, 0.15) is 66.6 Å². The maximum absolute atomic E-state index is 15.2. The van der Waals surface area contributed by atoms with Crippen LogP contribution in [-0.4, -0.2) is 245 Å². The van der Waals surface area contributed by atoms with Gasteiger partial charge in [-0.05, 0) is 130 Å². The molecule has 0 aliphatic carbocycles. The fraction of sp³-hybridized carbons (Fsp3) is 0.438. The third kappa shape index (κ3) is 30.1. The molecular weight excluding hydrogens is 1560 g/mol. The number of nitrogens with two attached hydrogens (primary N) is 2. The van der Waals surface area contributed by atoms with Gasteiger partial charge < -0.3 is 108 Å². The Hall–Kier alpha value is -10.7. The topological polar surface area (TPSA) is 538 Å². The number of aliphatic hydroxyl groups excluding tert-OH is 1. The minimum absolute atomic E-state index is 0.0208. The minimum Gasteiger partial charge on any atom is -0.508 e. The number of para-hydroxylation sites is 1. The number of ether oxygens (including phenoxy) is 6. The zero-order valence-corrected chi connectivity index (χ0v) is 64.2. The number of primary amides is 1. The number of hydrogen-bond donors (Lipinski definition) is 17. The number of rotatable bonds is 38. The molecule has 0 saturated heterocycles. The number of aromatic amines is 1. The standard InChI is InChI=1S/C73H95BrFN19O18S/c1-44-60-42-94(93-89-60)24-5-4-9-55(65(76)99)83-68(101)57(37-45-11-16-49(95)17-12-45)85-67(100)56(10-6-22-80-73(77)78)84-69(102)58(38-46-13-18-50(96)19-14-46)86-70(103)59(39-47-41-81-54-8-3-2-7-51(47)54)87-71(104)63(44)88-61(97)21-25-106-27-29-108-31-33-110-35-36-111-34-32-109-30-28-107-26-23-79-62(98)43-113-72-64(91-112-92-72)66(90-105)82-48-15-20-53(75)52(74)40-48/h2-3,7-8,11-20,40-42,55-59,63,68,81,83,95-96,101,105H,1,4-6,9-10,21-39,43H2,(H2,76,99)(H,79,98)(H,82,90)(H,84,102)(H,85,100)(H,86,103)(H,87,104)(H,88,97)(H4,77,78,80)/t55-,56+,57+,58+,59+,63-,68?/m0/s1. The molecule has 19 N–H and O–H groups in total. The molecule has 8 rings (SSSR count). The number of fused-ring (bicyclic) bond motifs is 3. The van der Waals surface area contributed by atoms with Gasteiger partial charge in [-0.15, -0.1) is 5.10 Å². The van der Waals surface area contributed by atoms with Crippen molar-refractivity contribution in [1.29, 1.82) is 5.41 Å². The Morgan fingerprint density at radius 1 is 0.726 bits per heavy atom. The average molecular weight is 1660 g/mol. The zero-order chi connectivity index (χ0) is 80.9. The number of carbonyl (C=O) groups excluding carboxylic acids is 7. The van der Waals surface area contributed by atoms with Crippen molar-refractivity contribution < 1.29 is 91.5 Å². The number of thioether (sulfide) groups is 1. The van der Waals surface area contributed by atoms with Gasteiger partial charge in [0.1, 0.15) is 53.4 Å². The fourth-order valence-corrected chi connectivity index (χ4v) is 12.5. The van der Waals surface area contributed by atoms with Gasteiger partial charge in [0.25, 0.3) is 0 Å². The van der Waals surface area contributed by atoms with Gasteiger partial charge in [-0.1, -0.05) is 71.2 Å². The third-order valence-electron chi connectivity index (χ3n) is 17.3. The van der Waals surface area contributed by atoms with E-state index in [1.54, 1.807) is 24.4 Å². The lowest BCUT2D eigenvalue weighted by atomic mass is 9.99. The number of nitrogens with one attached hydrogen (secondary N) is 11. The molecule has 7 aromatic rings.